The lowest BCUT2D eigenvalue weighted by Gasteiger charge is -2.12. The maximum Gasteiger partial charge on any atom is 0.326 e. The number of nitroso groups, excluding NO2 is 1. The van der Waals surface area contributed by atoms with Crippen molar-refractivity contribution in [2.45, 2.75) is 12.5 Å². The van der Waals surface area contributed by atoms with Gasteiger partial charge < -0.3 is 10.4 Å². The summed E-state index contributed by atoms with van der Waals surface area (Å²) >= 11 is 0.790. The number of carboxylic acid groups (broad SMARTS) is 1. The standard InChI is InChI=1S/C8H10N4O3S/c13-7(14)6(2-5-16-12-15)11-8-9-3-1-4-10-8/h1,3-4,6H,2,5H2,(H,13,14)(H,9,10,11)/t6-/m1/s1. The third kappa shape index (κ3) is 4.22. The Morgan fingerprint density at radius 3 is 2.81 bits per heavy atom. The molecule has 0 aromatic carbocycles. The second kappa shape index (κ2) is 6.72. The predicted molar refractivity (Wildman–Crippen MR) is 59.9 cm³/mol. The van der Waals surface area contributed by atoms with Crippen molar-refractivity contribution < 1.29 is 9.90 Å². The lowest BCUT2D eigenvalue weighted by Crippen LogP contribution is -2.30. The van der Waals surface area contributed by atoms with E-state index in [0.717, 1.165) is 11.9 Å². The Balaban J connectivity index is 2.51. The van der Waals surface area contributed by atoms with Crippen LogP contribution in [-0.4, -0.2) is 32.8 Å². The van der Waals surface area contributed by atoms with Crippen LogP contribution in [0.25, 0.3) is 0 Å². The highest BCUT2D eigenvalue weighted by Gasteiger charge is 2.17. The van der Waals surface area contributed by atoms with Gasteiger partial charge in [-0.1, -0.05) is 0 Å². The minimum absolute atomic E-state index is 0.249. The molecule has 7 nitrogen and oxygen atoms in total. The van der Waals surface area contributed by atoms with Crippen molar-refractivity contribution in [2.75, 3.05) is 11.1 Å². The molecule has 8 heteroatoms. The first kappa shape index (κ1) is 12.4. The number of rotatable bonds is 7. The van der Waals surface area contributed by atoms with Gasteiger partial charge in [-0.15, -0.1) is 4.91 Å². The van der Waals surface area contributed by atoms with Crippen LogP contribution in [0.15, 0.2) is 23.0 Å². The van der Waals surface area contributed by atoms with Crippen molar-refractivity contribution >= 4 is 23.9 Å². The van der Waals surface area contributed by atoms with E-state index in [1.165, 1.54) is 12.4 Å². The molecule has 1 aromatic heterocycles. The van der Waals surface area contributed by atoms with Gasteiger partial charge >= 0.3 is 5.97 Å². The highest BCUT2D eigenvalue weighted by Crippen LogP contribution is 2.08. The third-order valence-corrected chi connectivity index (χ3v) is 2.24. The summed E-state index contributed by atoms with van der Waals surface area (Å²) in [5.41, 5.74) is 0. The molecule has 0 spiro atoms. The molecule has 1 atom stereocenters. The summed E-state index contributed by atoms with van der Waals surface area (Å²) in [6, 6.07) is 0.810. The van der Waals surface area contributed by atoms with E-state index in [1.807, 2.05) is 0 Å². The molecule has 0 unspecified atom stereocenters. The van der Waals surface area contributed by atoms with Crippen molar-refractivity contribution in [3.8, 4) is 0 Å². The van der Waals surface area contributed by atoms with E-state index in [0.29, 0.717) is 5.75 Å². The van der Waals surface area contributed by atoms with E-state index < -0.39 is 12.0 Å². The topological polar surface area (TPSA) is 105 Å². The fraction of sp³-hybridized carbons (Fsp3) is 0.375. The molecule has 0 radical (unpaired) electrons. The van der Waals surface area contributed by atoms with Crippen molar-refractivity contribution in [2.24, 2.45) is 4.58 Å². The minimum atomic E-state index is -1.01. The van der Waals surface area contributed by atoms with Gasteiger partial charge in [0.1, 0.15) is 6.04 Å². The van der Waals surface area contributed by atoms with Crippen LogP contribution in [0.4, 0.5) is 5.95 Å². The van der Waals surface area contributed by atoms with Gasteiger partial charge in [0.2, 0.25) is 5.95 Å². The normalized spacial score (nSPS) is 11.8. The lowest BCUT2D eigenvalue weighted by molar-refractivity contribution is -0.137. The van der Waals surface area contributed by atoms with Crippen LogP contribution >= 0.6 is 11.9 Å². The molecule has 0 fully saturated rings. The molecular weight excluding hydrogens is 232 g/mol. The molecule has 1 heterocycles. The average Bonchev–Trinajstić information content (AvgIpc) is 2.29. The van der Waals surface area contributed by atoms with Crippen molar-refractivity contribution in [3.63, 3.8) is 0 Å². The zero-order valence-corrected chi connectivity index (χ0v) is 9.05. The number of nitrogens with zero attached hydrogens (tertiary/aromatic N) is 3. The summed E-state index contributed by atoms with van der Waals surface area (Å²) in [6.07, 6.45) is 3.29. The SMILES string of the molecule is O=NSCC[C@@H](Nc1ncccn1)C(=O)O. The van der Waals surface area contributed by atoms with Crippen molar-refractivity contribution in [3.05, 3.63) is 23.4 Å². The summed E-state index contributed by atoms with van der Waals surface area (Å²) in [6.45, 7) is 0. The largest absolute Gasteiger partial charge is 0.480 e. The zero-order valence-electron chi connectivity index (χ0n) is 8.24. The Morgan fingerprint density at radius 2 is 2.25 bits per heavy atom. The fourth-order valence-electron chi connectivity index (χ4n) is 0.995. The minimum Gasteiger partial charge on any atom is -0.480 e. The lowest BCUT2D eigenvalue weighted by atomic mass is 10.2. The van der Waals surface area contributed by atoms with Gasteiger partial charge in [0.05, 0.1) is 0 Å². The third-order valence-electron chi connectivity index (χ3n) is 1.72. The van der Waals surface area contributed by atoms with Gasteiger partial charge in [0.25, 0.3) is 0 Å². The summed E-state index contributed by atoms with van der Waals surface area (Å²) in [5, 5.41) is 11.6. The van der Waals surface area contributed by atoms with Crippen LogP contribution in [0.1, 0.15) is 6.42 Å². The smallest absolute Gasteiger partial charge is 0.326 e. The fourth-order valence-corrected chi connectivity index (χ4v) is 1.41. The molecule has 86 valence electrons. The zero-order chi connectivity index (χ0) is 11.8. The number of aliphatic carboxylic acids is 1. The maximum atomic E-state index is 10.9. The molecule has 0 aliphatic rings. The summed E-state index contributed by atoms with van der Waals surface area (Å²) < 4.78 is 2.59. The van der Waals surface area contributed by atoms with E-state index in [9.17, 15) is 9.70 Å². The van der Waals surface area contributed by atoms with E-state index in [2.05, 4.69) is 19.9 Å². The second-order valence-electron chi connectivity index (χ2n) is 2.80. The molecule has 0 amide bonds. The second-order valence-corrected chi connectivity index (χ2v) is 3.62. The number of carboxylic acids is 1. The van der Waals surface area contributed by atoms with Gasteiger partial charge in [-0.2, -0.15) is 0 Å². The quantitative estimate of drug-likeness (QED) is 0.419. The van der Waals surface area contributed by atoms with E-state index in [1.54, 1.807) is 6.07 Å². The van der Waals surface area contributed by atoms with Crippen LogP contribution < -0.4 is 5.32 Å². The molecule has 0 bridgehead atoms. The number of hydrogen-bond donors (Lipinski definition) is 2. The van der Waals surface area contributed by atoms with E-state index >= 15 is 0 Å². The van der Waals surface area contributed by atoms with Crippen LogP contribution in [0.3, 0.4) is 0 Å². The number of aromatic nitrogens is 2. The first-order valence-electron chi connectivity index (χ1n) is 4.45. The molecule has 1 aromatic rings. The molecule has 1 rings (SSSR count). The van der Waals surface area contributed by atoms with Gasteiger partial charge in [-0.05, 0) is 12.5 Å². The summed E-state index contributed by atoms with van der Waals surface area (Å²) in [4.78, 5) is 28.4. The molecule has 0 aliphatic carbocycles. The average molecular weight is 242 g/mol. The first-order chi connectivity index (χ1) is 7.74. The Kier molecular flexibility index (Phi) is 5.20. The van der Waals surface area contributed by atoms with E-state index in [-0.39, 0.29) is 12.4 Å². The number of nitrogens with one attached hydrogen (secondary N) is 1. The Bertz CT molecular complexity index is 348. The molecular formula is C8H10N4O3S. The monoisotopic (exact) mass is 242 g/mol. The summed E-state index contributed by atoms with van der Waals surface area (Å²) in [5.74, 6) is -0.432. The van der Waals surface area contributed by atoms with Gasteiger partial charge in [-0.25, -0.2) is 14.8 Å². The highest BCUT2D eigenvalue weighted by molar-refractivity contribution is 7.97. The predicted octanol–water partition coefficient (Wildman–Crippen LogP) is 1.15. The van der Waals surface area contributed by atoms with Gasteiger partial charge in [0.15, 0.2) is 0 Å². The Morgan fingerprint density at radius 1 is 1.56 bits per heavy atom. The van der Waals surface area contributed by atoms with Crippen LogP contribution in [0.5, 0.6) is 0 Å². The van der Waals surface area contributed by atoms with E-state index in [4.69, 9.17) is 5.11 Å². The molecule has 0 saturated carbocycles. The number of carbonyl (C=O) groups is 1. The van der Waals surface area contributed by atoms with Crippen molar-refractivity contribution in [1.82, 2.24) is 9.97 Å². The first-order valence-corrected chi connectivity index (χ1v) is 5.39. The molecule has 0 aliphatic heterocycles. The van der Waals surface area contributed by atoms with Crippen LogP contribution in [0.2, 0.25) is 0 Å². The number of anilines is 1. The molecule has 0 saturated heterocycles. The van der Waals surface area contributed by atoms with Crippen LogP contribution in [-0.2, 0) is 4.79 Å². The van der Waals surface area contributed by atoms with Crippen molar-refractivity contribution in [1.29, 1.82) is 0 Å². The van der Waals surface area contributed by atoms with Gasteiger partial charge in [0, 0.05) is 34.7 Å². The number of hydrogen-bond acceptors (Lipinski definition) is 7. The highest BCUT2D eigenvalue weighted by atomic mass is 32.2. The molecule has 16 heavy (non-hydrogen) atoms. The van der Waals surface area contributed by atoms with Crippen LogP contribution in [0, 0.1) is 4.91 Å². The van der Waals surface area contributed by atoms with Gasteiger partial charge in [-0.3, -0.25) is 0 Å². The maximum absolute atomic E-state index is 10.9. The summed E-state index contributed by atoms with van der Waals surface area (Å²) in [7, 11) is 0. The Labute approximate surface area is 95.8 Å². The molecule has 2 N–H and O–H groups in total. The Hall–Kier alpha value is -1.70.